The van der Waals surface area contributed by atoms with Crippen molar-refractivity contribution in [3.05, 3.63) is 82.7 Å². The molecule has 4 aromatic rings. The van der Waals surface area contributed by atoms with Crippen LogP contribution in [0.15, 0.2) is 48.8 Å². The molecule has 6 unspecified atom stereocenters. The summed E-state index contributed by atoms with van der Waals surface area (Å²) in [7, 11) is 2.63. The third-order valence-corrected chi connectivity index (χ3v) is 14.3. The molecule has 4 N–H and O–H groups in total. The summed E-state index contributed by atoms with van der Waals surface area (Å²) in [5.74, 6) is 1.59. The second-order valence-corrected chi connectivity index (χ2v) is 18.9. The topological polar surface area (TPSA) is 175 Å². The summed E-state index contributed by atoms with van der Waals surface area (Å²) in [6.07, 6.45) is 10.5. The van der Waals surface area contributed by atoms with E-state index in [0.29, 0.717) is 5.92 Å². The van der Waals surface area contributed by atoms with Gasteiger partial charge in [-0.25, -0.2) is 19.6 Å². The van der Waals surface area contributed by atoms with Crippen molar-refractivity contribution in [3.63, 3.8) is 0 Å². The molecule has 336 valence electrons. The first-order chi connectivity index (χ1) is 30.3. The molecular formula is C49H64N8O6. The monoisotopic (exact) mass is 860 g/mol. The van der Waals surface area contributed by atoms with Crippen LogP contribution < -0.4 is 10.6 Å². The molecule has 2 aliphatic heterocycles. The fraction of sp³-hybridized carbons (Fsp3) is 0.551. The number of carbonyl (C=O) groups excluding carboxylic acids is 4. The first-order valence-corrected chi connectivity index (χ1v) is 23.0. The first-order valence-electron chi connectivity index (χ1n) is 23.0. The van der Waals surface area contributed by atoms with E-state index in [0.717, 1.165) is 92.0 Å². The number of aromatic amines is 2. The smallest absolute Gasteiger partial charge is 0.407 e. The van der Waals surface area contributed by atoms with E-state index in [1.807, 2.05) is 49.9 Å². The quantitative estimate of drug-likeness (QED) is 0.118. The maximum absolute atomic E-state index is 14.3. The lowest BCUT2D eigenvalue weighted by Crippen LogP contribution is -2.54. The van der Waals surface area contributed by atoms with Gasteiger partial charge >= 0.3 is 12.2 Å². The van der Waals surface area contributed by atoms with Gasteiger partial charge in [-0.3, -0.25) is 9.59 Å². The predicted octanol–water partition coefficient (Wildman–Crippen LogP) is 7.85. The number of aryl methyl sites for hydroxylation is 4. The molecule has 7 aliphatic rings. The van der Waals surface area contributed by atoms with E-state index in [-0.39, 0.29) is 53.7 Å². The maximum Gasteiger partial charge on any atom is 0.407 e. The number of alkyl carbamates (subject to hydrolysis) is 2. The van der Waals surface area contributed by atoms with Gasteiger partial charge in [0, 0.05) is 23.2 Å². The number of ether oxygens (including phenoxy) is 2. The maximum atomic E-state index is 14.3. The number of methoxy groups -OCH3 is 2. The summed E-state index contributed by atoms with van der Waals surface area (Å²) < 4.78 is 9.76. The van der Waals surface area contributed by atoms with E-state index in [9.17, 15) is 19.2 Å². The Kier molecular flexibility index (Phi) is 12.7. The number of likely N-dealkylation sites (tertiary alicyclic amines) is 2. The molecule has 2 saturated heterocycles. The normalized spacial score (nSPS) is 23.8. The van der Waals surface area contributed by atoms with Crippen LogP contribution in [-0.2, 0) is 44.7 Å². The molecular weight excluding hydrogens is 797 g/mol. The fourth-order valence-corrected chi connectivity index (χ4v) is 10.9. The van der Waals surface area contributed by atoms with Gasteiger partial charge in [-0.05, 0) is 116 Å². The number of hydrogen-bond acceptors (Lipinski definition) is 8. The molecule has 4 heterocycles. The number of carbonyl (C=O) groups is 4. The third kappa shape index (κ3) is 8.57. The van der Waals surface area contributed by atoms with Crippen LogP contribution in [-0.4, -0.2) is 92.1 Å². The van der Waals surface area contributed by atoms with Gasteiger partial charge in [0.1, 0.15) is 23.7 Å². The fourth-order valence-electron chi connectivity index (χ4n) is 10.9. The molecule has 14 heteroatoms. The predicted molar refractivity (Wildman–Crippen MR) is 239 cm³/mol. The van der Waals surface area contributed by atoms with Gasteiger partial charge in [-0.1, -0.05) is 65.8 Å². The minimum absolute atomic E-state index is 0.0245. The van der Waals surface area contributed by atoms with Crippen LogP contribution >= 0.6 is 0 Å². The summed E-state index contributed by atoms with van der Waals surface area (Å²) >= 11 is 0. The molecule has 63 heavy (non-hydrogen) atoms. The van der Waals surface area contributed by atoms with Gasteiger partial charge < -0.3 is 39.9 Å². The number of aromatic nitrogens is 4. The lowest BCUT2D eigenvalue weighted by atomic mass is 9.90. The van der Waals surface area contributed by atoms with Crippen molar-refractivity contribution in [2.24, 2.45) is 23.7 Å². The molecule has 6 bridgehead atoms. The van der Waals surface area contributed by atoms with Crippen molar-refractivity contribution in [2.75, 3.05) is 14.2 Å². The summed E-state index contributed by atoms with van der Waals surface area (Å²) in [6.45, 7) is 12.0. The van der Waals surface area contributed by atoms with E-state index in [1.165, 1.54) is 36.5 Å². The Hall–Kier alpha value is -5.66. The highest BCUT2D eigenvalue weighted by atomic mass is 16.5. The second-order valence-electron chi connectivity index (χ2n) is 18.9. The molecule has 0 spiro atoms. The number of nitrogens with zero attached hydrogens (tertiary/aromatic N) is 4. The van der Waals surface area contributed by atoms with Crippen LogP contribution in [0, 0.1) is 23.7 Å². The third-order valence-electron chi connectivity index (χ3n) is 14.3. The van der Waals surface area contributed by atoms with Gasteiger partial charge in [0.2, 0.25) is 11.8 Å². The Morgan fingerprint density at radius 2 is 1.22 bits per heavy atom. The Labute approximate surface area is 370 Å². The van der Waals surface area contributed by atoms with E-state index in [1.54, 1.807) is 0 Å². The molecule has 14 nitrogen and oxygen atoms in total. The average molecular weight is 861 g/mol. The van der Waals surface area contributed by atoms with E-state index in [4.69, 9.17) is 19.4 Å². The Morgan fingerprint density at radius 3 is 1.71 bits per heavy atom. The number of imidazole rings is 2. The molecule has 11 rings (SSSR count). The molecule has 8 atom stereocenters. The number of hydrogen-bond donors (Lipinski definition) is 4. The number of fused-ring (bicyclic) bond motifs is 2. The summed E-state index contributed by atoms with van der Waals surface area (Å²) in [6, 6.07) is 11.9. The van der Waals surface area contributed by atoms with Gasteiger partial charge in [0.25, 0.3) is 0 Å². The standard InChI is InChI=1S/C49H64N8O6/c1-9-34-20-28(6)42(56(34)46(58)40(26(2)3)54-48(60)62-7)44-50-24-38(52-44)36-21-29-10-14-31(36)15-11-30-13-17-32(16-12-29)37(22-30)39-25-51-45(53-39)43-33-18-19-35(23-33)57(43)47(59)41(27(4)5)55-49(61)63-8/h10,13-14,17,21-22,24-28,33-35,40-43H,9,11-12,15-16,18-20,23H2,1-8H3,(H,50,52)(H,51,53)(H,54,60)(H,55,61)/t28?,33?,34?,35?,40?,41?,42-,43-/m0/s1. The van der Waals surface area contributed by atoms with Gasteiger partial charge in [0.05, 0.1) is 50.1 Å². The van der Waals surface area contributed by atoms with Crippen molar-refractivity contribution in [1.82, 2.24) is 40.4 Å². The zero-order valence-electron chi connectivity index (χ0n) is 38.0. The Balaban J connectivity index is 1.04. The number of benzene rings is 2. The van der Waals surface area contributed by atoms with Crippen molar-refractivity contribution >= 4 is 24.0 Å². The van der Waals surface area contributed by atoms with E-state index < -0.39 is 24.3 Å². The van der Waals surface area contributed by atoms with Gasteiger partial charge in [-0.2, -0.15) is 0 Å². The zero-order chi connectivity index (χ0) is 44.7. The number of H-pyrrole nitrogens is 2. The molecule has 2 aromatic heterocycles. The average Bonchev–Trinajstić information content (AvgIpc) is 4.13. The van der Waals surface area contributed by atoms with Crippen LogP contribution in [0.4, 0.5) is 9.59 Å². The molecule has 1 saturated carbocycles. The van der Waals surface area contributed by atoms with Crippen LogP contribution in [0.25, 0.3) is 22.5 Å². The lowest BCUT2D eigenvalue weighted by molar-refractivity contribution is -0.139. The highest BCUT2D eigenvalue weighted by Crippen LogP contribution is 2.50. The lowest BCUT2D eigenvalue weighted by Gasteiger charge is -2.37. The molecule has 3 fully saturated rings. The zero-order valence-corrected chi connectivity index (χ0v) is 38.0. The highest BCUT2D eigenvalue weighted by Gasteiger charge is 2.52. The first kappa shape index (κ1) is 44.0. The number of piperidine rings is 1. The highest BCUT2D eigenvalue weighted by molar-refractivity contribution is 5.87. The summed E-state index contributed by atoms with van der Waals surface area (Å²) in [5, 5.41) is 5.58. The van der Waals surface area contributed by atoms with Crippen LogP contribution in [0.3, 0.4) is 0 Å². The van der Waals surface area contributed by atoms with Crippen molar-refractivity contribution in [3.8, 4) is 22.5 Å². The molecule has 0 radical (unpaired) electrons. The SMILES string of the molecule is CCC1CC(C)[C@@H](c2ncc(-c3cc4ccc3CCc3ccc(c(-c5cnc([C@@H]6C7CCC(C7)N6C(=O)C(NC(=O)OC)C(C)C)[nH]5)c3)CC4)[nH]2)N1C(=O)C(NC(=O)OC)C(C)C. The summed E-state index contributed by atoms with van der Waals surface area (Å²) in [5.41, 5.74) is 9.00. The molecule has 4 amide bonds. The van der Waals surface area contributed by atoms with Crippen LogP contribution in [0.2, 0.25) is 0 Å². The number of rotatable bonds is 11. The Morgan fingerprint density at radius 1 is 0.714 bits per heavy atom. The van der Waals surface area contributed by atoms with Crippen molar-refractivity contribution in [2.45, 2.75) is 136 Å². The largest absolute Gasteiger partial charge is 0.453 e. The van der Waals surface area contributed by atoms with Crippen molar-refractivity contribution < 1.29 is 28.7 Å². The van der Waals surface area contributed by atoms with Crippen LogP contribution in [0.1, 0.15) is 120 Å². The van der Waals surface area contributed by atoms with Crippen molar-refractivity contribution in [1.29, 1.82) is 0 Å². The van der Waals surface area contributed by atoms with Crippen LogP contribution in [0.5, 0.6) is 0 Å². The van der Waals surface area contributed by atoms with Gasteiger partial charge in [0.15, 0.2) is 0 Å². The Bertz CT molecular complexity index is 2330. The summed E-state index contributed by atoms with van der Waals surface area (Å²) in [4.78, 5) is 74.2. The number of amides is 4. The van der Waals surface area contributed by atoms with E-state index in [2.05, 4.69) is 70.8 Å². The minimum Gasteiger partial charge on any atom is -0.453 e. The number of nitrogens with one attached hydrogen (secondary N) is 4. The minimum atomic E-state index is -0.718. The molecule has 2 aromatic carbocycles. The molecule has 5 aliphatic carbocycles. The second kappa shape index (κ2) is 18.2. The van der Waals surface area contributed by atoms with Gasteiger partial charge in [-0.15, -0.1) is 0 Å². The van der Waals surface area contributed by atoms with E-state index >= 15 is 0 Å².